The van der Waals surface area contributed by atoms with Crippen LogP contribution in [0.15, 0.2) is 36.9 Å². The van der Waals surface area contributed by atoms with Crippen LogP contribution in [-0.4, -0.2) is 29.2 Å². The molecule has 0 saturated carbocycles. The lowest BCUT2D eigenvalue weighted by Crippen LogP contribution is -1.98. The van der Waals surface area contributed by atoms with Crippen molar-refractivity contribution in [3.63, 3.8) is 0 Å². The molecule has 4 aromatic heterocycles. The van der Waals surface area contributed by atoms with Gasteiger partial charge in [0.05, 0.1) is 16.9 Å². The molecule has 0 N–H and O–H groups in total. The molecule has 0 spiro atoms. The molecular formula is C18H22N6. The first-order valence-electron chi connectivity index (χ1n) is 8.29. The van der Waals surface area contributed by atoms with Gasteiger partial charge in [-0.2, -0.15) is 10.2 Å². The lowest BCUT2D eigenvalue weighted by Gasteiger charge is -2.00. The van der Waals surface area contributed by atoms with Gasteiger partial charge in [-0.25, -0.2) is 19.0 Å². The maximum Gasteiger partial charge on any atom is 0.155 e. The topological polar surface area (TPSA) is 60.4 Å². The van der Waals surface area contributed by atoms with Gasteiger partial charge in [0.1, 0.15) is 6.33 Å². The zero-order chi connectivity index (χ0) is 17.1. The first kappa shape index (κ1) is 16.1. The molecule has 6 heteroatoms. The molecule has 124 valence electrons. The Bertz CT molecular complexity index is 964. The number of nitrogens with zero attached hydrogens (tertiary/aromatic N) is 6. The average Bonchev–Trinajstić information content (AvgIpc) is 3.15. The summed E-state index contributed by atoms with van der Waals surface area (Å²) in [6.07, 6.45) is 7.47. The van der Waals surface area contributed by atoms with Crippen LogP contribution in [-0.2, 0) is 12.8 Å². The fraction of sp³-hybridized carbons (Fsp3) is 0.333. The third kappa shape index (κ3) is 3.27. The van der Waals surface area contributed by atoms with Gasteiger partial charge in [-0.3, -0.25) is 0 Å². The Morgan fingerprint density at radius 1 is 0.875 bits per heavy atom. The van der Waals surface area contributed by atoms with E-state index in [1.807, 2.05) is 61.3 Å². The Morgan fingerprint density at radius 3 is 2.54 bits per heavy atom. The molecule has 0 atom stereocenters. The van der Waals surface area contributed by atoms with Crippen molar-refractivity contribution in [1.82, 2.24) is 29.2 Å². The molecule has 4 heterocycles. The Balaban J connectivity index is 0.000000815. The minimum absolute atomic E-state index is 0.869. The fourth-order valence-corrected chi connectivity index (χ4v) is 2.62. The average molecular weight is 322 g/mol. The molecule has 0 aliphatic rings. The molecular weight excluding hydrogens is 300 g/mol. The molecule has 0 radical (unpaired) electrons. The van der Waals surface area contributed by atoms with Gasteiger partial charge in [0.15, 0.2) is 5.65 Å². The first-order chi connectivity index (χ1) is 11.7. The molecule has 4 rings (SSSR count). The third-order valence-electron chi connectivity index (χ3n) is 3.70. The maximum absolute atomic E-state index is 4.55. The normalized spacial score (nSPS) is 10.8. The number of aromatic nitrogens is 6. The van der Waals surface area contributed by atoms with Gasteiger partial charge in [0.25, 0.3) is 0 Å². The van der Waals surface area contributed by atoms with Crippen molar-refractivity contribution in [3.05, 3.63) is 59.6 Å². The van der Waals surface area contributed by atoms with Crippen LogP contribution in [0.5, 0.6) is 0 Å². The van der Waals surface area contributed by atoms with E-state index in [9.17, 15) is 0 Å². The van der Waals surface area contributed by atoms with Crippen LogP contribution >= 0.6 is 0 Å². The highest BCUT2D eigenvalue weighted by molar-refractivity contribution is 5.47. The van der Waals surface area contributed by atoms with Crippen LogP contribution in [0, 0.1) is 13.8 Å². The SMILES string of the molecule is CC.Cc1cc2cc(CCc3cnc4cc(C)nn4c3)nn2cn1. The summed E-state index contributed by atoms with van der Waals surface area (Å²) < 4.78 is 3.66. The Morgan fingerprint density at radius 2 is 1.71 bits per heavy atom. The Hall–Kier alpha value is -2.76. The summed E-state index contributed by atoms with van der Waals surface area (Å²) in [5, 5.41) is 8.95. The van der Waals surface area contributed by atoms with Crippen LogP contribution in [0.3, 0.4) is 0 Å². The summed E-state index contributed by atoms with van der Waals surface area (Å²) in [4.78, 5) is 8.69. The maximum atomic E-state index is 4.55. The van der Waals surface area contributed by atoms with Gasteiger partial charge in [0.2, 0.25) is 0 Å². The minimum atomic E-state index is 0.869. The van der Waals surface area contributed by atoms with Crippen molar-refractivity contribution < 1.29 is 0 Å². The number of fused-ring (bicyclic) bond motifs is 2. The largest absolute Gasteiger partial charge is 0.242 e. The van der Waals surface area contributed by atoms with Crippen molar-refractivity contribution in [2.24, 2.45) is 0 Å². The molecule has 0 aliphatic heterocycles. The van der Waals surface area contributed by atoms with Crippen LogP contribution in [0.2, 0.25) is 0 Å². The zero-order valence-electron chi connectivity index (χ0n) is 14.6. The number of hydrogen-bond donors (Lipinski definition) is 0. The summed E-state index contributed by atoms with van der Waals surface area (Å²) in [5.74, 6) is 0. The van der Waals surface area contributed by atoms with Crippen molar-refractivity contribution in [3.8, 4) is 0 Å². The second-order valence-electron chi connectivity index (χ2n) is 5.59. The monoisotopic (exact) mass is 322 g/mol. The number of hydrogen-bond acceptors (Lipinski definition) is 4. The molecule has 6 nitrogen and oxygen atoms in total. The number of aryl methyl sites for hydroxylation is 4. The van der Waals surface area contributed by atoms with E-state index in [2.05, 4.69) is 26.2 Å². The van der Waals surface area contributed by atoms with Crippen LogP contribution in [0.25, 0.3) is 11.2 Å². The lowest BCUT2D eigenvalue weighted by atomic mass is 10.1. The van der Waals surface area contributed by atoms with Crippen molar-refractivity contribution in [1.29, 1.82) is 0 Å². The first-order valence-corrected chi connectivity index (χ1v) is 8.29. The Kier molecular flexibility index (Phi) is 4.55. The van der Waals surface area contributed by atoms with E-state index < -0.39 is 0 Å². The van der Waals surface area contributed by atoms with Gasteiger partial charge < -0.3 is 0 Å². The third-order valence-corrected chi connectivity index (χ3v) is 3.70. The van der Waals surface area contributed by atoms with E-state index in [4.69, 9.17) is 0 Å². The second-order valence-corrected chi connectivity index (χ2v) is 5.59. The molecule has 0 fully saturated rings. The minimum Gasteiger partial charge on any atom is -0.242 e. The van der Waals surface area contributed by atoms with Crippen molar-refractivity contribution in [2.45, 2.75) is 40.5 Å². The molecule has 0 amide bonds. The number of rotatable bonds is 3. The van der Waals surface area contributed by atoms with E-state index >= 15 is 0 Å². The van der Waals surface area contributed by atoms with Crippen LogP contribution in [0.4, 0.5) is 0 Å². The van der Waals surface area contributed by atoms with E-state index in [1.54, 1.807) is 6.33 Å². The summed E-state index contributed by atoms with van der Waals surface area (Å²) in [6.45, 7) is 7.96. The summed E-state index contributed by atoms with van der Waals surface area (Å²) in [7, 11) is 0. The highest BCUT2D eigenvalue weighted by Crippen LogP contribution is 2.11. The summed E-state index contributed by atoms with van der Waals surface area (Å²) in [6, 6.07) is 6.12. The second kappa shape index (κ2) is 6.78. The van der Waals surface area contributed by atoms with Gasteiger partial charge in [-0.15, -0.1) is 0 Å². The summed E-state index contributed by atoms with van der Waals surface area (Å²) >= 11 is 0. The Labute approximate surface area is 141 Å². The van der Waals surface area contributed by atoms with Crippen molar-refractivity contribution in [2.75, 3.05) is 0 Å². The van der Waals surface area contributed by atoms with E-state index in [0.29, 0.717) is 0 Å². The molecule has 0 aromatic carbocycles. The molecule has 0 unspecified atom stereocenters. The highest BCUT2D eigenvalue weighted by Gasteiger charge is 2.05. The van der Waals surface area contributed by atoms with Crippen LogP contribution in [0.1, 0.15) is 36.5 Å². The van der Waals surface area contributed by atoms with Gasteiger partial charge in [0, 0.05) is 24.2 Å². The smallest absolute Gasteiger partial charge is 0.155 e. The molecule has 4 aromatic rings. The summed E-state index contributed by atoms with van der Waals surface area (Å²) in [5.41, 5.74) is 6.16. The van der Waals surface area contributed by atoms with Gasteiger partial charge >= 0.3 is 0 Å². The zero-order valence-corrected chi connectivity index (χ0v) is 14.6. The molecule has 24 heavy (non-hydrogen) atoms. The molecule has 0 bridgehead atoms. The predicted octanol–water partition coefficient (Wildman–Crippen LogP) is 3.20. The lowest BCUT2D eigenvalue weighted by molar-refractivity contribution is 0.822. The van der Waals surface area contributed by atoms with E-state index in [0.717, 1.165) is 46.7 Å². The predicted molar refractivity (Wildman–Crippen MR) is 94.2 cm³/mol. The molecule has 0 aliphatic carbocycles. The van der Waals surface area contributed by atoms with Crippen LogP contribution < -0.4 is 0 Å². The fourth-order valence-electron chi connectivity index (χ4n) is 2.62. The standard InChI is InChI=1S/C16H16N6.C2H6/c1-11-5-15-7-14(20-22(15)10-18-11)4-3-13-8-17-16-6-12(2)19-21(16)9-13;1-2/h5-10H,3-4H2,1-2H3;1-2H3. The van der Waals surface area contributed by atoms with Gasteiger partial charge in [-0.1, -0.05) is 13.8 Å². The highest BCUT2D eigenvalue weighted by atomic mass is 15.2. The molecule has 0 saturated heterocycles. The van der Waals surface area contributed by atoms with E-state index in [-0.39, 0.29) is 0 Å². The van der Waals surface area contributed by atoms with E-state index in [1.165, 1.54) is 0 Å². The quantitative estimate of drug-likeness (QED) is 0.581. The van der Waals surface area contributed by atoms with Gasteiger partial charge in [-0.05, 0) is 44.4 Å². The van der Waals surface area contributed by atoms with Crippen molar-refractivity contribution >= 4 is 11.2 Å².